The van der Waals surface area contributed by atoms with Crippen LogP contribution in [0, 0.1) is 11.8 Å². The number of piperidine rings is 1. The van der Waals surface area contributed by atoms with E-state index in [0.29, 0.717) is 18.8 Å². The third kappa shape index (κ3) is 5.13. The number of benzene rings is 1. The standard InChI is InChI=1S/C18H24ClNO2/c1-13-9-10-20-18(22)17(13)12-16(21)8-3-2-5-14-6-4-7-15(19)11-14/h4,6-7,11,13,17H,2-3,5,8-10,12H2,1H3,(H,20,22)/t13-,17+/m1/s1. The lowest BCUT2D eigenvalue weighted by Crippen LogP contribution is -2.42. The van der Waals surface area contributed by atoms with E-state index < -0.39 is 0 Å². The van der Waals surface area contributed by atoms with E-state index >= 15 is 0 Å². The third-order valence-electron chi connectivity index (χ3n) is 4.43. The summed E-state index contributed by atoms with van der Waals surface area (Å²) in [5, 5.41) is 3.61. The van der Waals surface area contributed by atoms with E-state index in [9.17, 15) is 9.59 Å². The molecule has 1 fully saturated rings. The molecule has 1 aromatic carbocycles. The summed E-state index contributed by atoms with van der Waals surface area (Å²) >= 11 is 5.95. The van der Waals surface area contributed by atoms with Gasteiger partial charge in [0, 0.05) is 30.3 Å². The molecule has 0 unspecified atom stereocenters. The smallest absolute Gasteiger partial charge is 0.223 e. The van der Waals surface area contributed by atoms with E-state index in [1.807, 2.05) is 18.2 Å². The minimum Gasteiger partial charge on any atom is -0.356 e. The number of aryl methyl sites for hydroxylation is 1. The third-order valence-corrected chi connectivity index (χ3v) is 4.67. The Bertz CT molecular complexity index is 530. The van der Waals surface area contributed by atoms with Crippen molar-refractivity contribution in [2.75, 3.05) is 6.54 Å². The fourth-order valence-corrected chi connectivity index (χ4v) is 3.21. The molecule has 120 valence electrons. The van der Waals surface area contributed by atoms with Gasteiger partial charge in [0.05, 0.1) is 0 Å². The fourth-order valence-electron chi connectivity index (χ4n) is 3.00. The van der Waals surface area contributed by atoms with Gasteiger partial charge < -0.3 is 5.32 Å². The molecule has 1 N–H and O–H groups in total. The van der Waals surface area contributed by atoms with Gasteiger partial charge in [0.25, 0.3) is 0 Å². The first-order chi connectivity index (χ1) is 10.6. The molecule has 1 aromatic rings. The molecular formula is C18H24ClNO2. The molecule has 0 saturated carbocycles. The van der Waals surface area contributed by atoms with Crippen LogP contribution >= 0.6 is 11.6 Å². The lowest BCUT2D eigenvalue weighted by Gasteiger charge is -2.27. The molecule has 1 aliphatic rings. The van der Waals surface area contributed by atoms with Gasteiger partial charge in [-0.2, -0.15) is 0 Å². The van der Waals surface area contributed by atoms with Crippen LogP contribution in [0.2, 0.25) is 5.02 Å². The van der Waals surface area contributed by atoms with E-state index in [1.54, 1.807) is 0 Å². The van der Waals surface area contributed by atoms with Gasteiger partial charge in [0.1, 0.15) is 5.78 Å². The second-order valence-electron chi connectivity index (χ2n) is 6.24. The zero-order valence-corrected chi connectivity index (χ0v) is 13.9. The largest absolute Gasteiger partial charge is 0.356 e. The van der Waals surface area contributed by atoms with Crippen LogP contribution in [0.1, 0.15) is 44.6 Å². The van der Waals surface area contributed by atoms with Gasteiger partial charge in [0.15, 0.2) is 0 Å². The lowest BCUT2D eigenvalue weighted by molar-refractivity contribution is -0.132. The number of nitrogens with one attached hydrogen (secondary N) is 1. The summed E-state index contributed by atoms with van der Waals surface area (Å²) in [6, 6.07) is 7.84. The number of carbonyl (C=O) groups excluding carboxylic acids is 2. The van der Waals surface area contributed by atoms with Crippen molar-refractivity contribution in [1.82, 2.24) is 5.32 Å². The van der Waals surface area contributed by atoms with E-state index in [2.05, 4.69) is 18.3 Å². The van der Waals surface area contributed by atoms with Gasteiger partial charge in [-0.05, 0) is 49.3 Å². The topological polar surface area (TPSA) is 46.2 Å². The number of carbonyl (C=O) groups is 2. The van der Waals surface area contributed by atoms with Crippen molar-refractivity contribution in [2.24, 2.45) is 11.8 Å². The number of amides is 1. The quantitative estimate of drug-likeness (QED) is 0.777. The number of ketones is 1. The van der Waals surface area contributed by atoms with E-state index in [4.69, 9.17) is 11.6 Å². The Hall–Kier alpha value is -1.35. The maximum absolute atomic E-state index is 12.1. The average Bonchev–Trinajstić information content (AvgIpc) is 2.48. The molecule has 3 nitrogen and oxygen atoms in total. The maximum atomic E-state index is 12.1. The molecule has 0 bridgehead atoms. The molecule has 0 aromatic heterocycles. The second kappa shape index (κ2) is 8.33. The highest BCUT2D eigenvalue weighted by molar-refractivity contribution is 6.30. The number of unbranched alkanes of at least 4 members (excludes halogenated alkanes) is 1. The summed E-state index contributed by atoms with van der Waals surface area (Å²) in [6.45, 7) is 2.81. The number of hydrogen-bond acceptors (Lipinski definition) is 2. The summed E-state index contributed by atoms with van der Waals surface area (Å²) in [5.41, 5.74) is 1.21. The summed E-state index contributed by atoms with van der Waals surface area (Å²) < 4.78 is 0. The Balaban J connectivity index is 1.68. The van der Waals surface area contributed by atoms with E-state index in [-0.39, 0.29) is 17.6 Å². The van der Waals surface area contributed by atoms with Crippen molar-refractivity contribution < 1.29 is 9.59 Å². The van der Waals surface area contributed by atoms with Crippen molar-refractivity contribution >= 4 is 23.3 Å². The SMILES string of the molecule is C[C@@H]1CCNC(=O)[C@H]1CC(=O)CCCCc1cccc(Cl)c1. The summed E-state index contributed by atoms with van der Waals surface area (Å²) in [4.78, 5) is 23.9. The molecule has 0 spiro atoms. The maximum Gasteiger partial charge on any atom is 0.223 e. The van der Waals surface area contributed by atoms with Crippen molar-refractivity contribution in [2.45, 2.75) is 45.4 Å². The van der Waals surface area contributed by atoms with Gasteiger partial charge in [0.2, 0.25) is 5.91 Å². The zero-order valence-electron chi connectivity index (χ0n) is 13.1. The van der Waals surface area contributed by atoms with Crippen LogP contribution in [0.5, 0.6) is 0 Å². The number of Topliss-reactive ketones (excluding diaryl/α,β-unsaturated/α-hetero) is 1. The Morgan fingerprint density at radius 2 is 2.18 bits per heavy atom. The predicted octanol–water partition coefficient (Wildman–Crippen LogP) is 3.78. The predicted molar refractivity (Wildman–Crippen MR) is 88.9 cm³/mol. The highest BCUT2D eigenvalue weighted by atomic mass is 35.5. The fraction of sp³-hybridized carbons (Fsp3) is 0.556. The van der Waals surface area contributed by atoms with Crippen LogP contribution in [-0.4, -0.2) is 18.2 Å². The van der Waals surface area contributed by atoms with E-state index in [0.717, 1.165) is 37.3 Å². The summed E-state index contributed by atoms with van der Waals surface area (Å²) in [7, 11) is 0. The van der Waals surface area contributed by atoms with Crippen molar-refractivity contribution in [3.05, 3.63) is 34.9 Å². The van der Waals surface area contributed by atoms with Gasteiger partial charge >= 0.3 is 0 Å². The van der Waals surface area contributed by atoms with Gasteiger partial charge in [-0.15, -0.1) is 0 Å². The number of hydrogen-bond donors (Lipinski definition) is 1. The average molecular weight is 322 g/mol. The molecule has 2 rings (SSSR count). The lowest BCUT2D eigenvalue weighted by atomic mass is 9.83. The Kier molecular flexibility index (Phi) is 6.44. The first kappa shape index (κ1) is 17.0. The van der Waals surface area contributed by atoms with Crippen molar-refractivity contribution in [3.8, 4) is 0 Å². The molecule has 1 heterocycles. The van der Waals surface area contributed by atoms with Gasteiger partial charge in [-0.25, -0.2) is 0 Å². The van der Waals surface area contributed by atoms with Crippen LogP contribution < -0.4 is 5.32 Å². The van der Waals surface area contributed by atoms with E-state index in [1.165, 1.54) is 5.56 Å². The van der Waals surface area contributed by atoms with Crippen molar-refractivity contribution in [1.29, 1.82) is 0 Å². The molecular weight excluding hydrogens is 298 g/mol. The minimum absolute atomic E-state index is 0.0472. The minimum atomic E-state index is -0.130. The molecule has 2 atom stereocenters. The second-order valence-corrected chi connectivity index (χ2v) is 6.68. The first-order valence-electron chi connectivity index (χ1n) is 8.10. The Morgan fingerprint density at radius 3 is 2.91 bits per heavy atom. The molecule has 1 saturated heterocycles. The molecule has 1 aliphatic heterocycles. The van der Waals surface area contributed by atoms with Crippen LogP contribution in [-0.2, 0) is 16.0 Å². The Labute approximate surface area is 137 Å². The van der Waals surface area contributed by atoms with Crippen LogP contribution in [0.4, 0.5) is 0 Å². The highest BCUT2D eigenvalue weighted by Gasteiger charge is 2.30. The highest BCUT2D eigenvalue weighted by Crippen LogP contribution is 2.24. The van der Waals surface area contributed by atoms with Crippen LogP contribution in [0.25, 0.3) is 0 Å². The Morgan fingerprint density at radius 1 is 1.36 bits per heavy atom. The van der Waals surface area contributed by atoms with Gasteiger partial charge in [-0.3, -0.25) is 9.59 Å². The number of rotatable bonds is 7. The summed E-state index contributed by atoms with van der Waals surface area (Å²) in [6.07, 6.45) is 4.71. The molecule has 22 heavy (non-hydrogen) atoms. The van der Waals surface area contributed by atoms with Crippen LogP contribution in [0.3, 0.4) is 0 Å². The monoisotopic (exact) mass is 321 g/mol. The van der Waals surface area contributed by atoms with Crippen LogP contribution in [0.15, 0.2) is 24.3 Å². The number of halogens is 1. The first-order valence-corrected chi connectivity index (χ1v) is 8.48. The van der Waals surface area contributed by atoms with Gasteiger partial charge in [-0.1, -0.05) is 30.7 Å². The molecule has 0 radical (unpaired) electrons. The normalized spacial score (nSPS) is 21.5. The molecule has 0 aliphatic carbocycles. The molecule has 1 amide bonds. The van der Waals surface area contributed by atoms with Crippen molar-refractivity contribution in [3.63, 3.8) is 0 Å². The summed E-state index contributed by atoms with van der Waals surface area (Å²) in [5.74, 6) is 0.435. The molecule has 4 heteroatoms. The zero-order chi connectivity index (χ0) is 15.9.